The van der Waals surface area contributed by atoms with Gasteiger partial charge < -0.3 is 8.98 Å². The minimum atomic E-state index is 0.0879. The van der Waals surface area contributed by atoms with E-state index in [1.54, 1.807) is 0 Å². The normalized spacial score (nSPS) is 11.9. The largest absolute Gasteiger partial charge is 0.416 e. The molecule has 0 radical (unpaired) electrons. The second-order valence-electron chi connectivity index (χ2n) is 14.6. The molecule has 0 amide bonds. The minimum absolute atomic E-state index is 0.0879. The summed E-state index contributed by atoms with van der Waals surface area (Å²) in [4.78, 5) is 0. The van der Waals surface area contributed by atoms with E-state index >= 15 is 0 Å². The molecular weight excluding hydrogens is 611 g/mol. The van der Waals surface area contributed by atoms with Gasteiger partial charge in [-0.3, -0.25) is 0 Å². The minimum Gasteiger partial charge on any atom is -0.416 e. The molecule has 0 unspecified atom stereocenters. The smallest absolute Gasteiger partial charge is 0.248 e. The predicted octanol–water partition coefficient (Wildman–Crippen LogP) is 12.4. The number of fused-ring (bicyclic) bond motifs is 3. The van der Waals surface area contributed by atoms with E-state index in [4.69, 9.17) is 4.42 Å². The Morgan fingerprint density at radius 3 is 1.68 bits per heavy atom. The first-order valence-corrected chi connectivity index (χ1v) is 17.3. The van der Waals surface area contributed by atoms with Gasteiger partial charge in [0.2, 0.25) is 11.8 Å². The predicted molar refractivity (Wildman–Crippen MR) is 208 cm³/mol. The number of nitrogens with zero attached hydrogens (tertiary/aromatic N) is 3. The summed E-state index contributed by atoms with van der Waals surface area (Å²) < 4.78 is 8.60. The zero-order chi connectivity index (χ0) is 34.7. The van der Waals surface area contributed by atoms with Crippen LogP contribution in [0.1, 0.15) is 48.6 Å². The quantitative estimate of drug-likeness (QED) is 0.186. The molecule has 0 spiro atoms. The molecule has 0 atom stereocenters. The van der Waals surface area contributed by atoms with Crippen molar-refractivity contribution in [2.45, 2.75) is 53.9 Å². The zero-order valence-corrected chi connectivity index (χ0v) is 29.8. The molecule has 246 valence electrons. The van der Waals surface area contributed by atoms with E-state index < -0.39 is 0 Å². The van der Waals surface area contributed by atoms with Gasteiger partial charge in [0.25, 0.3) is 0 Å². The molecular formula is C46H41N3O. The SMILES string of the molecule is Cc1cc(-c2nnc(-c3ccc(C(C)(C)C)cc3)o2)cc(C)c1-c1c(C)cc(-c2cccc3c2c2ccccc2n3-c2ccccc2)cc1C. The van der Waals surface area contributed by atoms with Crippen LogP contribution in [-0.2, 0) is 5.41 Å². The first-order chi connectivity index (χ1) is 24.1. The lowest BCUT2D eigenvalue weighted by molar-refractivity contribution is 0.582. The Bertz CT molecular complexity index is 2500. The Kier molecular flexibility index (Phi) is 7.56. The van der Waals surface area contributed by atoms with Crippen molar-refractivity contribution >= 4 is 21.8 Å². The number of hydrogen-bond donors (Lipinski definition) is 0. The third-order valence-electron chi connectivity index (χ3n) is 10.0. The summed E-state index contributed by atoms with van der Waals surface area (Å²) in [6.45, 7) is 15.5. The number of aryl methyl sites for hydroxylation is 4. The van der Waals surface area contributed by atoms with Crippen LogP contribution < -0.4 is 0 Å². The Labute approximate surface area is 294 Å². The van der Waals surface area contributed by atoms with Gasteiger partial charge in [-0.25, -0.2) is 0 Å². The number of hydrogen-bond acceptors (Lipinski definition) is 3. The van der Waals surface area contributed by atoms with E-state index in [1.165, 1.54) is 77.6 Å². The molecule has 8 aromatic rings. The van der Waals surface area contributed by atoms with Crippen molar-refractivity contribution in [3.8, 4) is 50.8 Å². The van der Waals surface area contributed by atoms with Gasteiger partial charge in [-0.2, -0.15) is 0 Å². The monoisotopic (exact) mass is 651 g/mol. The number of aromatic nitrogens is 3. The summed E-state index contributed by atoms with van der Waals surface area (Å²) >= 11 is 0. The van der Waals surface area contributed by atoms with Gasteiger partial charge in [0.15, 0.2) is 0 Å². The lowest BCUT2D eigenvalue weighted by atomic mass is 9.86. The Balaban J connectivity index is 1.18. The summed E-state index contributed by atoms with van der Waals surface area (Å²) in [5.74, 6) is 1.06. The molecule has 2 aromatic heterocycles. The van der Waals surface area contributed by atoms with Crippen molar-refractivity contribution in [3.63, 3.8) is 0 Å². The van der Waals surface area contributed by atoms with Gasteiger partial charge >= 0.3 is 0 Å². The molecule has 0 bridgehead atoms. The number of benzene rings is 6. The zero-order valence-electron chi connectivity index (χ0n) is 29.8. The van der Waals surface area contributed by atoms with Crippen molar-refractivity contribution in [2.75, 3.05) is 0 Å². The molecule has 4 nitrogen and oxygen atoms in total. The summed E-state index contributed by atoms with van der Waals surface area (Å²) in [7, 11) is 0. The molecule has 8 rings (SSSR count). The fraction of sp³-hybridized carbons (Fsp3) is 0.174. The van der Waals surface area contributed by atoms with E-state index in [0.29, 0.717) is 11.8 Å². The van der Waals surface area contributed by atoms with Gasteiger partial charge in [-0.1, -0.05) is 93.6 Å². The Morgan fingerprint density at radius 2 is 1.06 bits per heavy atom. The maximum absolute atomic E-state index is 6.22. The Hall–Kier alpha value is -5.74. The lowest BCUT2D eigenvalue weighted by Crippen LogP contribution is -2.10. The molecule has 0 saturated carbocycles. The van der Waals surface area contributed by atoms with Gasteiger partial charge in [-0.05, 0) is 132 Å². The van der Waals surface area contributed by atoms with Crippen molar-refractivity contribution in [2.24, 2.45) is 0 Å². The molecule has 0 aliphatic heterocycles. The summed E-state index contributed by atoms with van der Waals surface area (Å²) in [5, 5.41) is 11.4. The van der Waals surface area contributed by atoms with E-state index in [1.807, 2.05) is 0 Å². The molecule has 0 saturated heterocycles. The van der Waals surface area contributed by atoms with Gasteiger partial charge in [0.1, 0.15) is 0 Å². The number of para-hydroxylation sites is 2. The lowest BCUT2D eigenvalue weighted by Gasteiger charge is -2.19. The summed E-state index contributed by atoms with van der Waals surface area (Å²) in [6.07, 6.45) is 0. The molecule has 4 heteroatoms. The van der Waals surface area contributed by atoms with Gasteiger partial charge in [0, 0.05) is 27.6 Å². The van der Waals surface area contributed by atoms with E-state index in [-0.39, 0.29) is 5.41 Å². The molecule has 0 N–H and O–H groups in total. The molecule has 50 heavy (non-hydrogen) atoms. The van der Waals surface area contributed by atoms with Crippen LogP contribution in [0, 0.1) is 27.7 Å². The highest BCUT2D eigenvalue weighted by molar-refractivity contribution is 6.15. The van der Waals surface area contributed by atoms with Crippen LogP contribution >= 0.6 is 0 Å². The van der Waals surface area contributed by atoms with E-state index in [2.05, 4.69) is 185 Å². The molecule has 6 aromatic carbocycles. The van der Waals surface area contributed by atoms with Crippen molar-refractivity contribution < 1.29 is 4.42 Å². The topological polar surface area (TPSA) is 43.9 Å². The first kappa shape index (κ1) is 31.5. The highest BCUT2D eigenvalue weighted by Crippen LogP contribution is 2.42. The Morgan fingerprint density at radius 1 is 0.520 bits per heavy atom. The maximum atomic E-state index is 6.22. The molecule has 0 aliphatic rings. The second-order valence-corrected chi connectivity index (χ2v) is 14.6. The molecule has 2 heterocycles. The van der Waals surface area contributed by atoms with Crippen LogP contribution in [0.5, 0.6) is 0 Å². The average Bonchev–Trinajstić information content (AvgIpc) is 3.73. The maximum Gasteiger partial charge on any atom is 0.248 e. The van der Waals surface area contributed by atoms with Crippen LogP contribution in [0.25, 0.3) is 72.7 Å². The molecule has 0 fully saturated rings. The fourth-order valence-electron chi connectivity index (χ4n) is 7.68. The van der Waals surface area contributed by atoms with Crippen LogP contribution in [-0.4, -0.2) is 14.8 Å². The fourth-order valence-corrected chi connectivity index (χ4v) is 7.68. The van der Waals surface area contributed by atoms with Gasteiger partial charge in [0.05, 0.1) is 11.0 Å². The van der Waals surface area contributed by atoms with Crippen molar-refractivity contribution in [1.29, 1.82) is 0 Å². The third-order valence-corrected chi connectivity index (χ3v) is 10.0. The highest BCUT2D eigenvalue weighted by Gasteiger charge is 2.20. The third kappa shape index (κ3) is 5.32. The van der Waals surface area contributed by atoms with Crippen molar-refractivity contribution in [3.05, 3.63) is 149 Å². The summed E-state index contributed by atoms with van der Waals surface area (Å²) in [6, 6.07) is 43.5. The van der Waals surface area contributed by atoms with Crippen LogP contribution in [0.2, 0.25) is 0 Å². The van der Waals surface area contributed by atoms with Gasteiger partial charge in [-0.15, -0.1) is 10.2 Å². The van der Waals surface area contributed by atoms with E-state index in [9.17, 15) is 0 Å². The van der Waals surface area contributed by atoms with Crippen molar-refractivity contribution in [1.82, 2.24) is 14.8 Å². The summed E-state index contributed by atoms with van der Waals surface area (Å²) in [5.41, 5.74) is 16.7. The van der Waals surface area contributed by atoms with E-state index in [0.717, 1.165) is 11.1 Å². The molecule has 0 aliphatic carbocycles. The van der Waals surface area contributed by atoms with Crippen LogP contribution in [0.15, 0.2) is 126 Å². The first-order valence-electron chi connectivity index (χ1n) is 17.3. The average molecular weight is 652 g/mol. The number of rotatable bonds is 5. The second kappa shape index (κ2) is 12.0. The van der Waals surface area contributed by atoms with Crippen LogP contribution in [0.3, 0.4) is 0 Å². The van der Waals surface area contributed by atoms with Crippen LogP contribution in [0.4, 0.5) is 0 Å². The standard InChI is InChI=1S/C46H41N3O/c1-28-24-33(37-17-13-19-40-43(37)38-16-11-12-18-39(38)49(40)36-14-9-8-10-15-36)25-29(2)41(28)42-30(3)26-34(27-31(42)4)45-48-47-44(50-45)32-20-22-35(23-21-32)46(5,6)7/h8-27H,1-7H3. The highest BCUT2D eigenvalue weighted by atomic mass is 16.4.